The maximum Gasteiger partial charge on any atom is 0.328 e. The van der Waals surface area contributed by atoms with Crippen molar-refractivity contribution in [2.24, 2.45) is 0 Å². The van der Waals surface area contributed by atoms with Crippen molar-refractivity contribution in [1.29, 1.82) is 0 Å². The Kier molecular flexibility index (Phi) is 3.88. The van der Waals surface area contributed by atoms with Crippen molar-refractivity contribution in [3.63, 3.8) is 0 Å². The molecule has 0 aliphatic carbocycles. The van der Waals surface area contributed by atoms with E-state index in [1.807, 2.05) is 0 Å². The Balaban J connectivity index is 3.11. The molecule has 0 radical (unpaired) electrons. The number of aliphatic hydroxyl groups excluding tert-OH is 1. The van der Waals surface area contributed by atoms with Gasteiger partial charge in [-0.25, -0.2) is 4.79 Å². The molecule has 1 aromatic carbocycles. The first-order valence-electron chi connectivity index (χ1n) is 4.36. The number of rotatable bonds is 4. The standard InChI is InChI=1S/C11H12O4/c1-15-10-4-2-3-8(9(10)7-12)5-6-11(13)14/h2-6,12H,7H2,1H3,(H,13,14)/b6-5+. The molecule has 0 spiro atoms. The Morgan fingerprint density at radius 1 is 1.53 bits per heavy atom. The summed E-state index contributed by atoms with van der Waals surface area (Å²) in [5, 5.41) is 17.6. The van der Waals surface area contributed by atoms with E-state index in [0.717, 1.165) is 6.08 Å². The van der Waals surface area contributed by atoms with Gasteiger partial charge in [-0.1, -0.05) is 12.1 Å². The molecule has 80 valence electrons. The summed E-state index contributed by atoms with van der Waals surface area (Å²) < 4.78 is 5.04. The van der Waals surface area contributed by atoms with E-state index in [4.69, 9.17) is 14.9 Å². The molecule has 0 atom stereocenters. The summed E-state index contributed by atoms with van der Waals surface area (Å²) in [6.45, 7) is -0.191. The van der Waals surface area contributed by atoms with Crippen LogP contribution >= 0.6 is 0 Å². The molecule has 0 heterocycles. The third kappa shape index (κ3) is 2.82. The van der Waals surface area contributed by atoms with Crippen LogP contribution < -0.4 is 4.74 Å². The first-order chi connectivity index (χ1) is 7.19. The normalized spacial score (nSPS) is 10.5. The number of hydrogen-bond acceptors (Lipinski definition) is 3. The molecule has 0 aliphatic rings. The fraction of sp³-hybridized carbons (Fsp3) is 0.182. The topological polar surface area (TPSA) is 66.8 Å². The second kappa shape index (κ2) is 5.17. The number of carboxylic acids is 1. The monoisotopic (exact) mass is 208 g/mol. The second-order valence-corrected chi connectivity index (χ2v) is 2.86. The molecular formula is C11H12O4. The maximum absolute atomic E-state index is 10.3. The molecule has 0 bridgehead atoms. The van der Waals surface area contributed by atoms with E-state index in [2.05, 4.69) is 0 Å². The van der Waals surface area contributed by atoms with Crippen molar-refractivity contribution in [2.45, 2.75) is 6.61 Å². The number of benzene rings is 1. The summed E-state index contributed by atoms with van der Waals surface area (Å²) in [5.41, 5.74) is 1.22. The minimum Gasteiger partial charge on any atom is -0.496 e. The number of ether oxygens (including phenoxy) is 1. The molecule has 2 N–H and O–H groups in total. The van der Waals surface area contributed by atoms with Crippen LogP contribution in [0.4, 0.5) is 0 Å². The lowest BCUT2D eigenvalue weighted by atomic mass is 10.1. The molecule has 1 aromatic rings. The summed E-state index contributed by atoms with van der Waals surface area (Å²) in [5.74, 6) is -0.480. The largest absolute Gasteiger partial charge is 0.496 e. The lowest BCUT2D eigenvalue weighted by Gasteiger charge is -2.08. The van der Waals surface area contributed by atoms with Gasteiger partial charge in [0.25, 0.3) is 0 Å². The van der Waals surface area contributed by atoms with Crippen LogP contribution in [0.15, 0.2) is 24.3 Å². The molecule has 4 heteroatoms. The number of aliphatic hydroxyl groups is 1. The number of hydrogen-bond donors (Lipinski definition) is 2. The molecule has 0 aromatic heterocycles. The quantitative estimate of drug-likeness (QED) is 0.731. The molecule has 1 rings (SSSR count). The van der Waals surface area contributed by atoms with Crippen LogP contribution in [0.2, 0.25) is 0 Å². The predicted octanol–water partition coefficient (Wildman–Crippen LogP) is 1.29. The molecular weight excluding hydrogens is 196 g/mol. The molecule has 0 unspecified atom stereocenters. The van der Waals surface area contributed by atoms with E-state index < -0.39 is 5.97 Å². The van der Waals surface area contributed by atoms with E-state index in [1.165, 1.54) is 13.2 Å². The van der Waals surface area contributed by atoms with Gasteiger partial charge in [-0.05, 0) is 17.7 Å². The smallest absolute Gasteiger partial charge is 0.328 e. The Labute approximate surface area is 87.4 Å². The Morgan fingerprint density at radius 3 is 2.80 bits per heavy atom. The highest BCUT2D eigenvalue weighted by molar-refractivity contribution is 5.85. The van der Waals surface area contributed by atoms with E-state index in [-0.39, 0.29) is 6.61 Å². The number of carboxylic acid groups (broad SMARTS) is 1. The highest BCUT2D eigenvalue weighted by Crippen LogP contribution is 2.23. The zero-order valence-electron chi connectivity index (χ0n) is 8.30. The van der Waals surface area contributed by atoms with Crippen molar-refractivity contribution in [3.05, 3.63) is 35.4 Å². The van der Waals surface area contributed by atoms with Gasteiger partial charge in [-0.2, -0.15) is 0 Å². The first kappa shape index (κ1) is 11.3. The zero-order chi connectivity index (χ0) is 11.3. The fourth-order valence-corrected chi connectivity index (χ4v) is 1.26. The van der Waals surface area contributed by atoms with E-state index >= 15 is 0 Å². The van der Waals surface area contributed by atoms with Crippen molar-refractivity contribution in [1.82, 2.24) is 0 Å². The predicted molar refractivity (Wildman–Crippen MR) is 55.6 cm³/mol. The molecule has 4 nitrogen and oxygen atoms in total. The Morgan fingerprint density at radius 2 is 2.27 bits per heavy atom. The first-order valence-corrected chi connectivity index (χ1v) is 4.36. The summed E-state index contributed by atoms with van der Waals surface area (Å²) in [6, 6.07) is 5.16. The maximum atomic E-state index is 10.3. The SMILES string of the molecule is COc1cccc(/C=C/C(=O)O)c1CO. The Hall–Kier alpha value is -1.81. The minimum atomic E-state index is -1.03. The number of methoxy groups -OCH3 is 1. The molecule has 15 heavy (non-hydrogen) atoms. The van der Waals surface area contributed by atoms with Crippen LogP contribution in [0.1, 0.15) is 11.1 Å². The molecule has 0 amide bonds. The summed E-state index contributed by atoms with van der Waals surface area (Å²) in [6.07, 6.45) is 2.45. The van der Waals surface area contributed by atoms with Crippen LogP contribution in [0.3, 0.4) is 0 Å². The van der Waals surface area contributed by atoms with Gasteiger partial charge in [-0.3, -0.25) is 0 Å². The van der Waals surface area contributed by atoms with E-state index in [9.17, 15) is 4.79 Å². The average Bonchev–Trinajstić information content (AvgIpc) is 2.25. The van der Waals surface area contributed by atoms with Crippen molar-refractivity contribution in [2.75, 3.05) is 7.11 Å². The summed E-state index contributed by atoms with van der Waals surface area (Å²) in [4.78, 5) is 10.3. The molecule has 0 fully saturated rings. The third-order valence-electron chi connectivity index (χ3n) is 1.95. The van der Waals surface area contributed by atoms with Crippen LogP contribution in [0.5, 0.6) is 5.75 Å². The summed E-state index contributed by atoms with van der Waals surface area (Å²) in [7, 11) is 1.50. The number of aliphatic carboxylic acids is 1. The minimum absolute atomic E-state index is 0.191. The third-order valence-corrected chi connectivity index (χ3v) is 1.95. The van der Waals surface area contributed by atoms with Crippen molar-refractivity contribution >= 4 is 12.0 Å². The summed E-state index contributed by atoms with van der Waals surface area (Å²) >= 11 is 0. The van der Waals surface area contributed by atoms with Crippen LogP contribution in [0, 0.1) is 0 Å². The lowest BCUT2D eigenvalue weighted by molar-refractivity contribution is -0.131. The van der Waals surface area contributed by atoms with Gasteiger partial charge in [0.2, 0.25) is 0 Å². The van der Waals surface area contributed by atoms with Gasteiger partial charge in [-0.15, -0.1) is 0 Å². The van der Waals surface area contributed by atoms with Gasteiger partial charge >= 0.3 is 5.97 Å². The lowest BCUT2D eigenvalue weighted by Crippen LogP contribution is -1.95. The molecule has 0 saturated heterocycles. The average molecular weight is 208 g/mol. The van der Waals surface area contributed by atoms with Gasteiger partial charge in [0.05, 0.1) is 13.7 Å². The zero-order valence-corrected chi connectivity index (χ0v) is 8.30. The van der Waals surface area contributed by atoms with E-state index in [0.29, 0.717) is 16.9 Å². The van der Waals surface area contributed by atoms with E-state index in [1.54, 1.807) is 18.2 Å². The fourth-order valence-electron chi connectivity index (χ4n) is 1.26. The number of carbonyl (C=O) groups is 1. The van der Waals surface area contributed by atoms with Crippen LogP contribution in [-0.2, 0) is 11.4 Å². The van der Waals surface area contributed by atoms with Gasteiger partial charge in [0, 0.05) is 11.6 Å². The Bertz CT molecular complexity index is 382. The van der Waals surface area contributed by atoms with Gasteiger partial charge < -0.3 is 14.9 Å². The highest BCUT2D eigenvalue weighted by Gasteiger charge is 2.05. The molecule has 0 saturated carbocycles. The molecule has 0 aliphatic heterocycles. The van der Waals surface area contributed by atoms with Crippen molar-refractivity contribution < 1.29 is 19.7 Å². The van der Waals surface area contributed by atoms with Crippen molar-refractivity contribution in [3.8, 4) is 5.75 Å². The second-order valence-electron chi connectivity index (χ2n) is 2.86. The van der Waals surface area contributed by atoms with Gasteiger partial charge in [0.15, 0.2) is 0 Å². The highest BCUT2D eigenvalue weighted by atomic mass is 16.5. The van der Waals surface area contributed by atoms with Gasteiger partial charge in [0.1, 0.15) is 5.75 Å². The van der Waals surface area contributed by atoms with Crippen LogP contribution in [0.25, 0.3) is 6.08 Å². The van der Waals surface area contributed by atoms with Crippen LogP contribution in [-0.4, -0.2) is 23.3 Å².